The second kappa shape index (κ2) is 7.72. The van der Waals surface area contributed by atoms with E-state index in [1.807, 2.05) is 49.0 Å². The second-order valence-electron chi connectivity index (χ2n) is 6.20. The number of sulfonamides is 1. The van der Waals surface area contributed by atoms with Gasteiger partial charge in [-0.1, -0.05) is 35.9 Å². The summed E-state index contributed by atoms with van der Waals surface area (Å²) in [6.07, 6.45) is 2.86. The van der Waals surface area contributed by atoms with Crippen LogP contribution in [-0.2, 0) is 10.0 Å². The third-order valence-electron chi connectivity index (χ3n) is 4.34. The van der Waals surface area contributed by atoms with E-state index in [1.54, 1.807) is 16.4 Å². The van der Waals surface area contributed by atoms with E-state index in [0.29, 0.717) is 23.2 Å². The monoisotopic (exact) mass is 361 g/mol. The smallest absolute Gasteiger partial charge is 0.207 e. The van der Waals surface area contributed by atoms with Gasteiger partial charge in [-0.15, -0.1) is 11.8 Å². The van der Waals surface area contributed by atoms with E-state index in [4.69, 9.17) is 0 Å². The van der Waals surface area contributed by atoms with Crippen molar-refractivity contribution in [1.29, 1.82) is 0 Å². The van der Waals surface area contributed by atoms with Crippen LogP contribution in [0.1, 0.15) is 24.8 Å². The Hall–Kier alpha value is -1.30. The first-order valence-corrected chi connectivity index (χ1v) is 10.7. The summed E-state index contributed by atoms with van der Waals surface area (Å²) in [6, 6.07) is 17.5. The van der Waals surface area contributed by atoms with Gasteiger partial charge in [0.15, 0.2) is 0 Å². The second-order valence-corrected chi connectivity index (χ2v) is 9.51. The highest BCUT2D eigenvalue weighted by Crippen LogP contribution is 2.31. The van der Waals surface area contributed by atoms with Crippen molar-refractivity contribution in [3.8, 4) is 0 Å². The Morgan fingerprint density at radius 1 is 0.958 bits per heavy atom. The quantitative estimate of drug-likeness (QED) is 0.813. The highest BCUT2D eigenvalue weighted by atomic mass is 32.2. The van der Waals surface area contributed by atoms with Crippen molar-refractivity contribution in [3.63, 3.8) is 0 Å². The van der Waals surface area contributed by atoms with Gasteiger partial charge in [0.1, 0.15) is 0 Å². The molecule has 0 amide bonds. The predicted octanol–water partition coefficient (Wildman–Crippen LogP) is 4.33. The molecule has 1 unspecified atom stereocenters. The highest BCUT2D eigenvalue weighted by molar-refractivity contribution is 8.00. The van der Waals surface area contributed by atoms with Crippen LogP contribution >= 0.6 is 11.8 Å². The lowest BCUT2D eigenvalue weighted by Crippen LogP contribution is -2.32. The molecular formula is C19H23NO2S2. The Balaban J connectivity index is 1.67. The van der Waals surface area contributed by atoms with Gasteiger partial charge in [0.05, 0.1) is 4.90 Å². The SMILES string of the molecule is Cc1ccc(S(=O)(=O)N2CCCC(Sc3ccccc3)CC2)cc1. The summed E-state index contributed by atoms with van der Waals surface area (Å²) in [4.78, 5) is 1.67. The van der Waals surface area contributed by atoms with Crippen LogP contribution in [0.5, 0.6) is 0 Å². The van der Waals surface area contributed by atoms with Crippen LogP contribution < -0.4 is 0 Å². The zero-order chi connectivity index (χ0) is 17.0. The molecule has 1 saturated heterocycles. The number of hydrogen-bond donors (Lipinski definition) is 0. The van der Waals surface area contributed by atoms with Gasteiger partial charge in [-0.2, -0.15) is 4.31 Å². The fourth-order valence-electron chi connectivity index (χ4n) is 2.95. The van der Waals surface area contributed by atoms with E-state index in [-0.39, 0.29) is 0 Å². The van der Waals surface area contributed by atoms with Gasteiger partial charge in [0.2, 0.25) is 10.0 Å². The fraction of sp³-hybridized carbons (Fsp3) is 0.368. The fourth-order valence-corrected chi connectivity index (χ4v) is 5.65. The van der Waals surface area contributed by atoms with Crippen molar-refractivity contribution in [3.05, 3.63) is 60.2 Å². The van der Waals surface area contributed by atoms with Crippen LogP contribution in [-0.4, -0.2) is 31.1 Å². The number of benzene rings is 2. The number of thioether (sulfide) groups is 1. The average molecular weight is 362 g/mol. The molecule has 0 aromatic heterocycles. The molecule has 1 aliphatic rings. The minimum absolute atomic E-state index is 0.405. The molecule has 128 valence electrons. The molecular weight excluding hydrogens is 338 g/mol. The maximum absolute atomic E-state index is 12.8. The van der Waals surface area contributed by atoms with Crippen LogP contribution in [0.25, 0.3) is 0 Å². The first kappa shape index (κ1) is 17.5. The van der Waals surface area contributed by atoms with Crippen LogP contribution in [0.2, 0.25) is 0 Å². The first-order chi connectivity index (χ1) is 11.6. The standard InChI is InChI=1S/C19H23NO2S2/c1-16-9-11-19(12-10-16)24(21,22)20-14-5-8-18(13-15-20)23-17-6-3-2-4-7-17/h2-4,6-7,9-12,18H,5,8,13-15H2,1H3. The topological polar surface area (TPSA) is 37.4 Å². The molecule has 5 heteroatoms. The summed E-state index contributed by atoms with van der Waals surface area (Å²) in [5.41, 5.74) is 1.07. The van der Waals surface area contributed by atoms with Crippen molar-refractivity contribution in [2.24, 2.45) is 0 Å². The van der Waals surface area contributed by atoms with Crippen molar-refractivity contribution >= 4 is 21.8 Å². The summed E-state index contributed by atoms with van der Waals surface area (Å²) in [6.45, 7) is 3.18. The van der Waals surface area contributed by atoms with Gasteiger partial charge in [-0.3, -0.25) is 0 Å². The van der Waals surface area contributed by atoms with E-state index in [1.165, 1.54) is 4.90 Å². The highest BCUT2D eigenvalue weighted by Gasteiger charge is 2.27. The van der Waals surface area contributed by atoms with Crippen molar-refractivity contribution in [2.75, 3.05) is 13.1 Å². The first-order valence-electron chi connectivity index (χ1n) is 8.34. The van der Waals surface area contributed by atoms with E-state index >= 15 is 0 Å². The van der Waals surface area contributed by atoms with Crippen molar-refractivity contribution < 1.29 is 8.42 Å². The average Bonchev–Trinajstić information content (AvgIpc) is 2.82. The molecule has 1 atom stereocenters. The lowest BCUT2D eigenvalue weighted by molar-refractivity contribution is 0.424. The Morgan fingerprint density at radius 2 is 1.67 bits per heavy atom. The molecule has 2 aromatic carbocycles. The number of hydrogen-bond acceptors (Lipinski definition) is 3. The molecule has 0 aliphatic carbocycles. The Bertz CT molecular complexity index is 758. The number of rotatable bonds is 4. The zero-order valence-electron chi connectivity index (χ0n) is 13.9. The van der Waals surface area contributed by atoms with E-state index in [9.17, 15) is 8.42 Å². The Kier molecular flexibility index (Phi) is 5.64. The third-order valence-corrected chi connectivity index (χ3v) is 7.60. The largest absolute Gasteiger partial charge is 0.243 e. The van der Waals surface area contributed by atoms with Gasteiger partial charge >= 0.3 is 0 Å². The molecule has 1 fully saturated rings. The lowest BCUT2D eigenvalue weighted by Gasteiger charge is -2.20. The van der Waals surface area contributed by atoms with Gasteiger partial charge in [0, 0.05) is 23.2 Å². The molecule has 0 saturated carbocycles. The van der Waals surface area contributed by atoms with Crippen molar-refractivity contribution in [2.45, 2.75) is 41.2 Å². The molecule has 0 radical (unpaired) electrons. The van der Waals surface area contributed by atoms with Crippen LogP contribution in [0.3, 0.4) is 0 Å². The summed E-state index contributed by atoms with van der Waals surface area (Å²) in [5, 5.41) is 0.477. The summed E-state index contributed by atoms with van der Waals surface area (Å²) in [5.74, 6) is 0. The van der Waals surface area contributed by atoms with Gasteiger partial charge in [-0.05, 0) is 50.5 Å². The number of aryl methyl sites for hydroxylation is 1. The predicted molar refractivity (Wildman–Crippen MR) is 99.9 cm³/mol. The number of nitrogens with zero attached hydrogens (tertiary/aromatic N) is 1. The Labute approximate surface area is 149 Å². The van der Waals surface area contributed by atoms with Gasteiger partial charge in [-0.25, -0.2) is 8.42 Å². The molecule has 3 rings (SSSR count). The molecule has 0 N–H and O–H groups in total. The van der Waals surface area contributed by atoms with E-state index < -0.39 is 10.0 Å². The lowest BCUT2D eigenvalue weighted by atomic mass is 10.2. The van der Waals surface area contributed by atoms with E-state index in [0.717, 1.165) is 24.8 Å². The molecule has 1 aliphatic heterocycles. The molecule has 3 nitrogen and oxygen atoms in total. The molecule has 0 bridgehead atoms. The summed E-state index contributed by atoms with van der Waals surface area (Å²) < 4.78 is 27.3. The maximum Gasteiger partial charge on any atom is 0.243 e. The molecule has 2 aromatic rings. The summed E-state index contributed by atoms with van der Waals surface area (Å²) in [7, 11) is -3.37. The van der Waals surface area contributed by atoms with Crippen LogP contribution in [0, 0.1) is 6.92 Å². The van der Waals surface area contributed by atoms with Gasteiger partial charge in [0.25, 0.3) is 0 Å². The maximum atomic E-state index is 12.8. The Morgan fingerprint density at radius 3 is 2.38 bits per heavy atom. The minimum Gasteiger partial charge on any atom is -0.207 e. The third kappa shape index (κ3) is 4.21. The van der Waals surface area contributed by atoms with Crippen LogP contribution in [0.4, 0.5) is 0 Å². The molecule has 24 heavy (non-hydrogen) atoms. The van der Waals surface area contributed by atoms with Gasteiger partial charge < -0.3 is 0 Å². The van der Waals surface area contributed by atoms with E-state index in [2.05, 4.69) is 12.1 Å². The van der Waals surface area contributed by atoms with Crippen LogP contribution in [0.15, 0.2) is 64.4 Å². The molecule has 0 spiro atoms. The van der Waals surface area contributed by atoms with Crippen molar-refractivity contribution in [1.82, 2.24) is 4.31 Å². The summed E-state index contributed by atoms with van der Waals surface area (Å²) >= 11 is 1.87. The minimum atomic E-state index is -3.37. The zero-order valence-corrected chi connectivity index (χ0v) is 15.5. The normalized spacial score (nSPS) is 19.8. The molecule has 1 heterocycles.